The summed E-state index contributed by atoms with van der Waals surface area (Å²) in [5.41, 5.74) is 4.29. The number of rotatable bonds is 7. The zero-order chi connectivity index (χ0) is 21.6. The Hall–Kier alpha value is -3.93. The molecule has 4 rings (SSSR count). The number of nitrogens with zero attached hydrogens (tertiary/aromatic N) is 2. The molecule has 0 unspecified atom stereocenters. The number of carbonyl (C=O) groups excluding carboxylic acids is 2. The summed E-state index contributed by atoms with van der Waals surface area (Å²) in [6.45, 7) is 2.52. The van der Waals surface area contributed by atoms with E-state index >= 15 is 0 Å². The van der Waals surface area contributed by atoms with Crippen molar-refractivity contribution in [2.24, 2.45) is 0 Å². The number of fused-ring (bicyclic) bond motifs is 1. The summed E-state index contributed by atoms with van der Waals surface area (Å²) < 4.78 is 2.16. The van der Waals surface area contributed by atoms with Crippen molar-refractivity contribution in [1.82, 2.24) is 14.9 Å². The molecule has 0 aliphatic rings. The van der Waals surface area contributed by atoms with Crippen molar-refractivity contribution in [3.8, 4) is 0 Å². The van der Waals surface area contributed by atoms with Gasteiger partial charge in [0.05, 0.1) is 17.6 Å². The van der Waals surface area contributed by atoms with Crippen molar-refractivity contribution in [1.29, 1.82) is 0 Å². The maximum Gasteiger partial charge on any atom is 0.251 e. The van der Waals surface area contributed by atoms with Crippen LogP contribution in [0.1, 0.15) is 28.7 Å². The first kappa shape index (κ1) is 20.3. The Balaban J connectivity index is 1.51. The number of hydrogen-bond acceptors (Lipinski definition) is 3. The first-order valence-electron chi connectivity index (χ1n) is 10.2. The maximum absolute atomic E-state index is 12.7. The molecule has 0 aliphatic heterocycles. The van der Waals surface area contributed by atoms with Crippen LogP contribution in [0.5, 0.6) is 0 Å². The summed E-state index contributed by atoms with van der Waals surface area (Å²) in [6, 6.07) is 25.2. The van der Waals surface area contributed by atoms with Gasteiger partial charge in [-0.05, 0) is 42.3 Å². The molecule has 2 N–H and O–H groups in total. The minimum absolute atomic E-state index is 0.176. The van der Waals surface area contributed by atoms with Crippen molar-refractivity contribution in [2.75, 3.05) is 5.32 Å². The number of nitrogens with one attached hydrogen (secondary N) is 2. The zero-order valence-electron chi connectivity index (χ0n) is 17.3. The molecule has 0 spiro atoms. The molecule has 6 nitrogen and oxygen atoms in total. The number of amides is 2. The standard InChI is InChI=1S/C25H24N4O2/c1-18(30)27-21-11-7-10-20(16-21)25(31)26-17-24-28-22-12-5-6-13-23(22)29(24)15-14-19-8-3-2-4-9-19/h2-13,16H,14-15,17H2,1H3,(H,26,31)(H,27,30). The number of imidazole rings is 1. The molecule has 3 aromatic carbocycles. The molecule has 0 saturated carbocycles. The zero-order valence-corrected chi connectivity index (χ0v) is 17.3. The highest BCUT2D eigenvalue weighted by atomic mass is 16.2. The molecule has 31 heavy (non-hydrogen) atoms. The molecule has 0 atom stereocenters. The van der Waals surface area contributed by atoms with E-state index in [2.05, 4.69) is 33.4 Å². The highest BCUT2D eigenvalue weighted by molar-refractivity contribution is 5.96. The summed E-state index contributed by atoms with van der Waals surface area (Å²) in [6.07, 6.45) is 0.876. The summed E-state index contributed by atoms with van der Waals surface area (Å²) >= 11 is 0. The van der Waals surface area contributed by atoms with E-state index in [1.807, 2.05) is 36.4 Å². The van der Waals surface area contributed by atoms with Gasteiger partial charge in [-0.3, -0.25) is 9.59 Å². The average Bonchev–Trinajstić information content (AvgIpc) is 3.14. The Morgan fingerprint density at radius 2 is 1.71 bits per heavy atom. The van der Waals surface area contributed by atoms with Gasteiger partial charge in [0.2, 0.25) is 5.91 Å². The molecule has 0 radical (unpaired) electrons. The number of benzene rings is 3. The molecule has 0 bridgehead atoms. The van der Waals surface area contributed by atoms with Gasteiger partial charge in [-0.2, -0.15) is 0 Å². The second-order valence-corrected chi connectivity index (χ2v) is 7.35. The van der Waals surface area contributed by atoms with Crippen molar-refractivity contribution < 1.29 is 9.59 Å². The monoisotopic (exact) mass is 412 g/mol. The largest absolute Gasteiger partial charge is 0.345 e. The lowest BCUT2D eigenvalue weighted by Crippen LogP contribution is -2.25. The normalized spacial score (nSPS) is 10.7. The van der Waals surface area contributed by atoms with Crippen molar-refractivity contribution in [3.63, 3.8) is 0 Å². The van der Waals surface area contributed by atoms with E-state index in [0.29, 0.717) is 17.8 Å². The van der Waals surface area contributed by atoms with E-state index in [0.717, 1.165) is 29.8 Å². The first-order valence-corrected chi connectivity index (χ1v) is 10.2. The van der Waals surface area contributed by atoms with E-state index in [-0.39, 0.29) is 11.8 Å². The van der Waals surface area contributed by atoms with E-state index in [4.69, 9.17) is 4.98 Å². The predicted molar refractivity (Wildman–Crippen MR) is 122 cm³/mol. The quantitative estimate of drug-likeness (QED) is 0.478. The summed E-state index contributed by atoms with van der Waals surface area (Å²) in [4.78, 5) is 28.7. The SMILES string of the molecule is CC(=O)Nc1cccc(C(=O)NCc2nc3ccccc3n2CCc2ccccc2)c1. The second-order valence-electron chi connectivity index (χ2n) is 7.35. The first-order chi connectivity index (χ1) is 15.1. The van der Waals surface area contributed by atoms with E-state index < -0.39 is 0 Å². The van der Waals surface area contributed by atoms with Gasteiger partial charge in [-0.25, -0.2) is 4.98 Å². The van der Waals surface area contributed by atoms with Gasteiger partial charge in [0.25, 0.3) is 5.91 Å². The van der Waals surface area contributed by atoms with Gasteiger partial charge in [-0.15, -0.1) is 0 Å². The molecule has 4 aromatic rings. The van der Waals surface area contributed by atoms with Crippen molar-refractivity contribution in [3.05, 3.63) is 95.8 Å². The third kappa shape index (κ3) is 4.98. The predicted octanol–water partition coefficient (Wildman–Crippen LogP) is 4.17. The topological polar surface area (TPSA) is 76.0 Å². The van der Waals surface area contributed by atoms with Gasteiger partial charge in [0.1, 0.15) is 5.82 Å². The van der Waals surface area contributed by atoms with Crippen LogP contribution in [-0.4, -0.2) is 21.4 Å². The number of carbonyl (C=O) groups is 2. The molecule has 0 fully saturated rings. The van der Waals surface area contributed by atoms with Gasteiger partial charge < -0.3 is 15.2 Å². The van der Waals surface area contributed by atoms with E-state index in [9.17, 15) is 9.59 Å². The van der Waals surface area contributed by atoms with Gasteiger partial charge in [0, 0.05) is 24.7 Å². The van der Waals surface area contributed by atoms with Crippen LogP contribution < -0.4 is 10.6 Å². The maximum atomic E-state index is 12.7. The lowest BCUT2D eigenvalue weighted by molar-refractivity contribution is -0.114. The summed E-state index contributed by atoms with van der Waals surface area (Å²) in [5.74, 6) is 0.419. The lowest BCUT2D eigenvalue weighted by atomic mass is 10.1. The Morgan fingerprint density at radius 3 is 2.52 bits per heavy atom. The lowest BCUT2D eigenvalue weighted by Gasteiger charge is -2.11. The Bertz CT molecular complexity index is 1210. The highest BCUT2D eigenvalue weighted by Gasteiger charge is 2.13. The highest BCUT2D eigenvalue weighted by Crippen LogP contribution is 2.18. The smallest absolute Gasteiger partial charge is 0.251 e. The number of para-hydroxylation sites is 2. The molecule has 6 heteroatoms. The Labute approximate surface area is 180 Å². The number of hydrogen-bond donors (Lipinski definition) is 2. The van der Waals surface area contributed by atoms with Crippen LogP contribution in [0.4, 0.5) is 5.69 Å². The minimum atomic E-state index is -0.214. The molecule has 1 heterocycles. The van der Waals surface area contributed by atoms with Crippen LogP contribution in [0.25, 0.3) is 11.0 Å². The van der Waals surface area contributed by atoms with Crippen LogP contribution in [-0.2, 0) is 24.3 Å². The molecule has 1 aromatic heterocycles. The van der Waals surface area contributed by atoms with E-state index in [1.165, 1.54) is 12.5 Å². The van der Waals surface area contributed by atoms with Gasteiger partial charge in [0.15, 0.2) is 0 Å². The number of aryl methyl sites for hydroxylation is 2. The molecule has 0 saturated heterocycles. The van der Waals surface area contributed by atoms with Gasteiger partial charge >= 0.3 is 0 Å². The van der Waals surface area contributed by atoms with Crippen LogP contribution in [0.3, 0.4) is 0 Å². The Morgan fingerprint density at radius 1 is 0.935 bits per heavy atom. The van der Waals surface area contributed by atoms with Gasteiger partial charge in [-0.1, -0.05) is 48.5 Å². The summed E-state index contributed by atoms with van der Waals surface area (Å²) in [5, 5.41) is 5.66. The van der Waals surface area contributed by atoms with Crippen LogP contribution >= 0.6 is 0 Å². The number of aromatic nitrogens is 2. The minimum Gasteiger partial charge on any atom is -0.345 e. The molecular formula is C25H24N4O2. The molecule has 156 valence electrons. The fraction of sp³-hybridized carbons (Fsp3) is 0.160. The fourth-order valence-corrected chi connectivity index (χ4v) is 3.60. The summed E-state index contributed by atoms with van der Waals surface area (Å²) in [7, 11) is 0. The average molecular weight is 412 g/mol. The van der Waals surface area contributed by atoms with Crippen LogP contribution in [0.15, 0.2) is 78.9 Å². The number of anilines is 1. The van der Waals surface area contributed by atoms with Crippen LogP contribution in [0, 0.1) is 0 Å². The second kappa shape index (κ2) is 9.26. The molecule has 0 aliphatic carbocycles. The fourth-order valence-electron chi connectivity index (χ4n) is 3.60. The molecule has 2 amide bonds. The molecular weight excluding hydrogens is 388 g/mol. The van der Waals surface area contributed by atoms with Crippen LogP contribution in [0.2, 0.25) is 0 Å². The third-order valence-corrected chi connectivity index (χ3v) is 5.05. The third-order valence-electron chi connectivity index (χ3n) is 5.05. The van der Waals surface area contributed by atoms with E-state index in [1.54, 1.807) is 24.3 Å². The van der Waals surface area contributed by atoms with Crippen molar-refractivity contribution >= 4 is 28.5 Å². The Kier molecular flexibility index (Phi) is 6.08. The van der Waals surface area contributed by atoms with Crippen molar-refractivity contribution in [2.45, 2.75) is 26.4 Å².